The SMILES string of the molecule is Cc1ccc(NC(=O)C[NH2+]CC2CCCCC2)cc1S(=O)(=O)N(C)C. The van der Waals surface area contributed by atoms with Crippen LogP contribution in [0, 0.1) is 12.8 Å². The minimum Gasteiger partial charge on any atom is -0.338 e. The zero-order valence-electron chi connectivity index (χ0n) is 15.4. The highest BCUT2D eigenvalue weighted by Crippen LogP contribution is 2.23. The monoisotopic (exact) mass is 368 g/mol. The van der Waals surface area contributed by atoms with Gasteiger partial charge in [-0.25, -0.2) is 12.7 Å². The number of nitrogens with zero attached hydrogens (tertiary/aromatic N) is 1. The molecule has 0 bridgehead atoms. The highest BCUT2D eigenvalue weighted by Gasteiger charge is 2.21. The number of carbonyl (C=O) groups is 1. The van der Waals surface area contributed by atoms with Crippen LogP contribution in [0.1, 0.15) is 37.7 Å². The summed E-state index contributed by atoms with van der Waals surface area (Å²) in [5, 5.41) is 4.86. The minimum atomic E-state index is -3.52. The molecule has 1 aromatic carbocycles. The van der Waals surface area contributed by atoms with Crippen LogP contribution in [0.3, 0.4) is 0 Å². The molecule has 25 heavy (non-hydrogen) atoms. The number of sulfonamides is 1. The van der Waals surface area contributed by atoms with Gasteiger partial charge in [0.15, 0.2) is 6.54 Å². The molecule has 0 atom stereocenters. The minimum absolute atomic E-state index is 0.104. The Labute approximate surface area is 151 Å². The van der Waals surface area contributed by atoms with Crippen molar-refractivity contribution in [1.82, 2.24) is 4.31 Å². The maximum atomic E-state index is 12.3. The van der Waals surface area contributed by atoms with E-state index in [-0.39, 0.29) is 10.8 Å². The van der Waals surface area contributed by atoms with Crippen LogP contribution < -0.4 is 10.6 Å². The fraction of sp³-hybridized carbons (Fsp3) is 0.611. The fourth-order valence-electron chi connectivity index (χ4n) is 3.24. The molecule has 1 aliphatic carbocycles. The lowest BCUT2D eigenvalue weighted by Crippen LogP contribution is -2.87. The van der Waals surface area contributed by atoms with Crippen LogP contribution in [0.25, 0.3) is 0 Å². The second-order valence-electron chi connectivity index (χ2n) is 7.05. The van der Waals surface area contributed by atoms with E-state index < -0.39 is 10.0 Å². The molecule has 0 saturated heterocycles. The van der Waals surface area contributed by atoms with Crippen molar-refractivity contribution in [3.8, 4) is 0 Å². The Bertz CT molecular complexity index is 696. The zero-order chi connectivity index (χ0) is 18.4. The van der Waals surface area contributed by atoms with Gasteiger partial charge >= 0.3 is 0 Å². The van der Waals surface area contributed by atoms with E-state index >= 15 is 0 Å². The molecular weight excluding hydrogens is 338 g/mol. The van der Waals surface area contributed by atoms with Gasteiger partial charge in [0.1, 0.15) is 0 Å². The van der Waals surface area contributed by atoms with E-state index in [1.807, 2.05) is 0 Å². The molecule has 7 heteroatoms. The molecule has 1 aromatic rings. The lowest BCUT2D eigenvalue weighted by molar-refractivity contribution is -0.649. The lowest BCUT2D eigenvalue weighted by Gasteiger charge is -2.19. The lowest BCUT2D eigenvalue weighted by atomic mass is 9.89. The van der Waals surface area contributed by atoms with Gasteiger partial charge in [0.05, 0.1) is 11.4 Å². The van der Waals surface area contributed by atoms with Crippen LogP contribution in [0.15, 0.2) is 23.1 Å². The van der Waals surface area contributed by atoms with Crippen LogP contribution in [0.2, 0.25) is 0 Å². The third-order valence-corrected chi connectivity index (χ3v) is 6.74. The van der Waals surface area contributed by atoms with E-state index in [1.54, 1.807) is 19.1 Å². The number of aryl methyl sites for hydroxylation is 1. The molecule has 0 aromatic heterocycles. The van der Waals surface area contributed by atoms with Crippen molar-refractivity contribution in [1.29, 1.82) is 0 Å². The number of quaternary nitrogens is 1. The fourth-order valence-corrected chi connectivity index (χ4v) is 4.38. The largest absolute Gasteiger partial charge is 0.338 e. The second-order valence-corrected chi connectivity index (χ2v) is 9.17. The number of hydrogen-bond donors (Lipinski definition) is 2. The summed E-state index contributed by atoms with van der Waals surface area (Å²) in [4.78, 5) is 12.4. The van der Waals surface area contributed by atoms with Crippen molar-refractivity contribution in [3.05, 3.63) is 23.8 Å². The molecule has 0 radical (unpaired) electrons. The Balaban J connectivity index is 1.92. The van der Waals surface area contributed by atoms with Gasteiger partial charge in [-0.1, -0.05) is 25.3 Å². The van der Waals surface area contributed by atoms with E-state index in [4.69, 9.17) is 0 Å². The van der Waals surface area contributed by atoms with Crippen LogP contribution in [0.4, 0.5) is 5.69 Å². The average molecular weight is 369 g/mol. The Kier molecular flexibility index (Phi) is 6.98. The Morgan fingerprint density at radius 1 is 1.24 bits per heavy atom. The van der Waals surface area contributed by atoms with Crippen molar-refractivity contribution in [2.45, 2.75) is 43.9 Å². The normalized spacial score (nSPS) is 16.2. The summed E-state index contributed by atoms with van der Waals surface area (Å²) < 4.78 is 25.9. The smallest absolute Gasteiger partial charge is 0.279 e. The van der Waals surface area contributed by atoms with Crippen LogP contribution in [-0.4, -0.2) is 45.8 Å². The first-order valence-corrected chi connectivity index (χ1v) is 10.4. The van der Waals surface area contributed by atoms with Crippen LogP contribution in [0.5, 0.6) is 0 Å². The first-order valence-electron chi connectivity index (χ1n) is 8.95. The van der Waals surface area contributed by atoms with Gasteiger partial charge in [-0.15, -0.1) is 0 Å². The highest BCUT2D eigenvalue weighted by atomic mass is 32.2. The molecule has 1 amide bonds. The third kappa shape index (κ3) is 5.52. The standard InChI is InChI=1S/C18H29N3O3S/c1-14-9-10-16(11-17(14)25(23,24)21(2)3)20-18(22)13-19-12-15-7-5-4-6-8-15/h9-11,15,19H,4-8,12-13H2,1-3H3,(H,20,22)/p+1. The summed E-state index contributed by atoms with van der Waals surface area (Å²) in [7, 11) is -0.523. The second kappa shape index (κ2) is 8.78. The zero-order valence-corrected chi connectivity index (χ0v) is 16.2. The van der Waals surface area contributed by atoms with E-state index in [1.165, 1.54) is 56.6 Å². The number of rotatable bonds is 7. The third-order valence-electron chi connectivity index (χ3n) is 4.79. The van der Waals surface area contributed by atoms with Gasteiger partial charge in [0.25, 0.3) is 5.91 Å². The molecule has 0 unspecified atom stereocenters. The molecule has 0 heterocycles. The predicted octanol–water partition coefficient (Wildman–Crippen LogP) is 1.33. The number of nitrogens with two attached hydrogens (primary N) is 1. The van der Waals surface area contributed by atoms with Gasteiger partial charge < -0.3 is 10.6 Å². The van der Waals surface area contributed by atoms with Crippen molar-refractivity contribution in [2.24, 2.45) is 5.92 Å². The quantitative estimate of drug-likeness (QED) is 0.762. The van der Waals surface area contributed by atoms with E-state index in [2.05, 4.69) is 10.6 Å². The van der Waals surface area contributed by atoms with Crippen molar-refractivity contribution in [2.75, 3.05) is 32.5 Å². The molecule has 0 aliphatic heterocycles. The summed E-state index contributed by atoms with van der Waals surface area (Å²) in [5.41, 5.74) is 1.18. The Morgan fingerprint density at radius 2 is 1.92 bits per heavy atom. The molecule has 3 N–H and O–H groups in total. The first kappa shape index (κ1) is 19.9. The van der Waals surface area contributed by atoms with E-state index in [0.29, 0.717) is 17.8 Å². The highest BCUT2D eigenvalue weighted by molar-refractivity contribution is 7.89. The average Bonchev–Trinajstić information content (AvgIpc) is 2.57. The number of amides is 1. The van der Waals surface area contributed by atoms with Crippen LogP contribution in [-0.2, 0) is 14.8 Å². The van der Waals surface area contributed by atoms with Gasteiger partial charge in [0, 0.05) is 25.7 Å². The summed E-state index contributed by atoms with van der Waals surface area (Å²) >= 11 is 0. The topological polar surface area (TPSA) is 83.1 Å². The molecule has 140 valence electrons. The molecule has 6 nitrogen and oxygen atoms in total. The Hall–Kier alpha value is -1.44. The van der Waals surface area contributed by atoms with Gasteiger partial charge in [-0.3, -0.25) is 4.79 Å². The van der Waals surface area contributed by atoms with E-state index in [9.17, 15) is 13.2 Å². The van der Waals surface area contributed by atoms with Crippen molar-refractivity contribution >= 4 is 21.6 Å². The van der Waals surface area contributed by atoms with Crippen molar-refractivity contribution in [3.63, 3.8) is 0 Å². The number of nitrogens with one attached hydrogen (secondary N) is 1. The summed E-state index contributed by atoms with van der Waals surface area (Å²) in [5.74, 6) is 0.616. The van der Waals surface area contributed by atoms with E-state index in [0.717, 1.165) is 12.5 Å². The molecule has 0 spiro atoms. The summed E-state index contributed by atoms with van der Waals surface area (Å²) in [6.07, 6.45) is 6.47. The van der Waals surface area contributed by atoms with Gasteiger partial charge in [-0.2, -0.15) is 0 Å². The summed E-state index contributed by atoms with van der Waals surface area (Å²) in [6.45, 7) is 3.10. The Morgan fingerprint density at radius 3 is 2.56 bits per heavy atom. The number of carbonyl (C=O) groups excluding carboxylic acids is 1. The van der Waals surface area contributed by atoms with Crippen LogP contribution >= 0.6 is 0 Å². The van der Waals surface area contributed by atoms with Crippen molar-refractivity contribution < 1.29 is 18.5 Å². The number of anilines is 1. The number of benzene rings is 1. The maximum Gasteiger partial charge on any atom is 0.279 e. The van der Waals surface area contributed by atoms with Gasteiger partial charge in [0.2, 0.25) is 10.0 Å². The molecular formula is C18H30N3O3S+. The first-order chi connectivity index (χ1) is 11.8. The van der Waals surface area contributed by atoms with Gasteiger partial charge in [-0.05, 0) is 37.5 Å². The molecule has 1 fully saturated rings. The maximum absolute atomic E-state index is 12.3. The summed E-state index contributed by atoms with van der Waals surface area (Å²) in [6, 6.07) is 4.99. The molecule has 1 aliphatic rings. The molecule has 1 saturated carbocycles. The molecule has 2 rings (SSSR count). The predicted molar refractivity (Wildman–Crippen MR) is 98.9 cm³/mol. The number of hydrogen-bond acceptors (Lipinski definition) is 3.